The predicted octanol–water partition coefficient (Wildman–Crippen LogP) is 0.151. The molecule has 0 spiro atoms. The third kappa shape index (κ3) is 19.8. The molecular formula is H6Cl2Mg3. The van der Waals surface area contributed by atoms with E-state index in [-0.39, 0.29) is 99.7 Å². The van der Waals surface area contributed by atoms with Crippen LogP contribution in [-0.2, 0) is 0 Å². The molecule has 5 heteroatoms. The molecule has 0 saturated heterocycles. The molecule has 0 bridgehead atoms. The van der Waals surface area contributed by atoms with Crippen LogP contribution in [0.15, 0.2) is 0 Å². The van der Waals surface area contributed by atoms with Gasteiger partial charge in [0.05, 0.1) is 0 Å². The van der Waals surface area contributed by atoms with Crippen LogP contribution < -0.4 is 0 Å². The minimum Gasteiger partial charge on any atom is -1.00 e. The monoisotopic (exact) mass is 148 g/mol. The second-order valence-corrected chi connectivity index (χ2v) is 0. The van der Waals surface area contributed by atoms with Crippen LogP contribution >= 0.6 is 24.8 Å². The van der Waals surface area contributed by atoms with E-state index >= 15 is 0 Å². The summed E-state index contributed by atoms with van der Waals surface area (Å²) in [5.74, 6) is 0. The van der Waals surface area contributed by atoms with Crippen molar-refractivity contribution in [3.05, 3.63) is 0 Å². The zero-order chi connectivity index (χ0) is 0. The number of rotatable bonds is 0. The third-order valence-electron chi connectivity index (χ3n) is 0. The summed E-state index contributed by atoms with van der Waals surface area (Å²) in [4.78, 5) is 0. The molecule has 0 aromatic heterocycles. The number of halogens is 2. The van der Waals surface area contributed by atoms with Crippen molar-refractivity contribution in [1.29, 1.82) is 0 Å². The van der Waals surface area contributed by atoms with Gasteiger partial charge in [0.25, 0.3) is 0 Å². The minimum atomic E-state index is 0. The SMILES string of the molecule is Cl.Cl.[H-].[H-].[H-].[H-].[Mg+2].[Mg+2].[Mg]. The molecule has 0 aromatic rings. The predicted molar refractivity (Wildman–Crippen MR) is 36.2 cm³/mol. The topological polar surface area (TPSA) is 0 Å². The van der Waals surface area contributed by atoms with Crippen molar-refractivity contribution in [3.8, 4) is 0 Å². The van der Waals surface area contributed by atoms with Gasteiger partial charge in [-0.15, -0.1) is 24.8 Å². The number of hydrogen-bond donors (Lipinski definition) is 0. The van der Waals surface area contributed by atoms with E-state index in [1.165, 1.54) is 0 Å². The van der Waals surface area contributed by atoms with E-state index in [4.69, 9.17) is 0 Å². The van der Waals surface area contributed by atoms with Crippen molar-refractivity contribution in [3.63, 3.8) is 0 Å². The zero-order valence-corrected chi connectivity index (χ0v) is 8.81. The van der Waals surface area contributed by atoms with E-state index in [1.54, 1.807) is 0 Å². The van der Waals surface area contributed by atoms with Gasteiger partial charge in [0, 0.05) is 23.1 Å². The molecule has 0 aliphatic heterocycles. The van der Waals surface area contributed by atoms with Crippen LogP contribution in [-0.4, -0.2) is 69.2 Å². The van der Waals surface area contributed by atoms with Crippen LogP contribution in [0.3, 0.4) is 0 Å². The Balaban J connectivity index is 0. The maximum absolute atomic E-state index is 0. The smallest absolute Gasteiger partial charge is 1.00 e. The largest absolute Gasteiger partial charge is 2.00 e. The van der Waals surface area contributed by atoms with Gasteiger partial charge in [0.2, 0.25) is 0 Å². The molecule has 0 heterocycles. The van der Waals surface area contributed by atoms with Crippen LogP contribution in [0.1, 0.15) is 5.71 Å². The van der Waals surface area contributed by atoms with E-state index in [2.05, 4.69) is 0 Å². The van der Waals surface area contributed by atoms with E-state index < -0.39 is 0 Å². The molecule has 0 nitrogen and oxygen atoms in total. The summed E-state index contributed by atoms with van der Waals surface area (Å²) >= 11 is 0. The van der Waals surface area contributed by atoms with Gasteiger partial charge in [0.1, 0.15) is 0 Å². The molecule has 0 fully saturated rings. The standard InChI is InChI=1S/2ClH.3Mg.4H/h2*1H;;;;;;;/q;;;2*+2;4*-1. The Morgan fingerprint density at radius 3 is 0.800 bits per heavy atom. The molecular weight excluding hydrogens is 144 g/mol. The van der Waals surface area contributed by atoms with Gasteiger partial charge >= 0.3 is 46.1 Å². The Labute approximate surface area is 98.4 Å². The van der Waals surface area contributed by atoms with E-state index in [9.17, 15) is 0 Å². The first-order valence-corrected chi connectivity index (χ1v) is 0. The Morgan fingerprint density at radius 1 is 0.800 bits per heavy atom. The van der Waals surface area contributed by atoms with Gasteiger partial charge in [-0.3, -0.25) is 0 Å². The van der Waals surface area contributed by atoms with Crippen LogP contribution in [0.5, 0.6) is 0 Å². The van der Waals surface area contributed by atoms with Crippen LogP contribution in [0.2, 0.25) is 0 Å². The Bertz CT molecular complexity index is 13.8. The molecule has 0 atom stereocenters. The first-order valence-electron chi connectivity index (χ1n) is 0. The first kappa shape index (κ1) is 45.0. The Morgan fingerprint density at radius 2 is 0.800 bits per heavy atom. The van der Waals surface area contributed by atoms with Crippen molar-refractivity contribution in [2.75, 3.05) is 0 Å². The number of hydrogen-bond acceptors (Lipinski definition) is 0. The third-order valence-corrected chi connectivity index (χ3v) is 0. The summed E-state index contributed by atoms with van der Waals surface area (Å²) in [5, 5.41) is 0. The molecule has 2 radical (unpaired) electrons. The molecule has 5 heavy (non-hydrogen) atoms. The quantitative estimate of drug-likeness (QED) is 0.431. The molecule has 0 rings (SSSR count). The zero-order valence-electron chi connectivity index (χ0n) is 6.94. The molecule has 0 aliphatic rings. The summed E-state index contributed by atoms with van der Waals surface area (Å²) in [6.07, 6.45) is 0. The van der Waals surface area contributed by atoms with Crippen molar-refractivity contribution in [2.45, 2.75) is 0 Å². The summed E-state index contributed by atoms with van der Waals surface area (Å²) in [6, 6.07) is 0. The fraction of sp³-hybridized carbons (Fsp3) is 0. The fourth-order valence-electron chi connectivity index (χ4n) is 0. The summed E-state index contributed by atoms with van der Waals surface area (Å²) < 4.78 is 0. The summed E-state index contributed by atoms with van der Waals surface area (Å²) in [7, 11) is 0. The second-order valence-electron chi connectivity index (χ2n) is 0. The Kier molecular flexibility index (Phi) is 258. The van der Waals surface area contributed by atoms with Crippen molar-refractivity contribution in [1.82, 2.24) is 0 Å². The van der Waals surface area contributed by atoms with Crippen molar-refractivity contribution >= 4 is 94.0 Å². The van der Waals surface area contributed by atoms with Gasteiger partial charge in [-0.2, -0.15) is 0 Å². The molecule has 0 aromatic carbocycles. The molecule has 26 valence electrons. The van der Waals surface area contributed by atoms with Crippen molar-refractivity contribution in [2.24, 2.45) is 0 Å². The van der Waals surface area contributed by atoms with Crippen LogP contribution in [0, 0.1) is 0 Å². The van der Waals surface area contributed by atoms with E-state index in [1.807, 2.05) is 0 Å². The summed E-state index contributed by atoms with van der Waals surface area (Å²) in [5.41, 5.74) is 0. The average Bonchev–Trinajstić information content (AvgIpc) is 0. The average molecular weight is 150 g/mol. The molecule has 0 saturated carbocycles. The van der Waals surface area contributed by atoms with E-state index in [0.717, 1.165) is 0 Å². The molecule has 0 aliphatic carbocycles. The second kappa shape index (κ2) is 28.7. The van der Waals surface area contributed by atoms with Gasteiger partial charge in [-0.05, 0) is 0 Å². The summed E-state index contributed by atoms with van der Waals surface area (Å²) in [6.45, 7) is 0. The maximum atomic E-state index is 0. The molecule has 0 amide bonds. The van der Waals surface area contributed by atoms with Gasteiger partial charge < -0.3 is 5.71 Å². The van der Waals surface area contributed by atoms with Gasteiger partial charge in [-0.1, -0.05) is 0 Å². The fourth-order valence-corrected chi connectivity index (χ4v) is 0. The van der Waals surface area contributed by atoms with Crippen LogP contribution in [0.4, 0.5) is 0 Å². The van der Waals surface area contributed by atoms with Crippen molar-refractivity contribution < 1.29 is 5.71 Å². The molecule has 0 N–H and O–H groups in total. The maximum Gasteiger partial charge on any atom is 2.00 e. The molecule has 0 unspecified atom stereocenters. The van der Waals surface area contributed by atoms with Gasteiger partial charge in [0.15, 0.2) is 0 Å². The minimum absolute atomic E-state index is 0. The normalized spacial score (nSPS) is 0. The first-order chi connectivity index (χ1) is 0. The van der Waals surface area contributed by atoms with Crippen LogP contribution in [0.25, 0.3) is 0 Å². The van der Waals surface area contributed by atoms with E-state index in [0.29, 0.717) is 0 Å². The Hall–Kier alpha value is 2.88. The van der Waals surface area contributed by atoms with Gasteiger partial charge in [-0.25, -0.2) is 0 Å².